The highest BCUT2D eigenvalue weighted by Crippen LogP contribution is 2.32. The number of furan rings is 1. The third-order valence-electron chi connectivity index (χ3n) is 4.92. The summed E-state index contributed by atoms with van der Waals surface area (Å²) in [5.41, 5.74) is 2.37. The van der Waals surface area contributed by atoms with Crippen LogP contribution in [-0.4, -0.2) is 47.6 Å². The van der Waals surface area contributed by atoms with E-state index in [9.17, 15) is 4.79 Å². The first-order valence-electron chi connectivity index (χ1n) is 8.77. The number of fused-ring (bicyclic) bond motifs is 3. The minimum Gasteiger partial charge on any atom is -0.453 e. The number of methoxy groups -OCH3 is 1. The molecule has 2 aromatic heterocycles. The highest BCUT2D eigenvalue weighted by Gasteiger charge is 2.26. The fraction of sp³-hybridized carbons (Fsp3) is 0.421. The van der Waals surface area contributed by atoms with Crippen LogP contribution in [0.1, 0.15) is 31.0 Å². The number of ether oxygens (including phenoxy) is 1. The Balaban J connectivity index is 1.53. The zero-order valence-corrected chi connectivity index (χ0v) is 16.2. The summed E-state index contributed by atoms with van der Waals surface area (Å²) < 4.78 is 11.8. The van der Waals surface area contributed by atoms with Crippen molar-refractivity contribution in [3.05, 3.63) is 34.7 Å². The van der Waals surface area contributed by atoms with Crippen molar-refractivity contribution >= 4 is 43.9 Å². The zero-order valence-electron chi connectivity index (χ0n) is 14.6. The molecule has 3 aromatic rings. The summed E-state index contributed by atoms with van der Waals surface area (Å²) in [5.74, 6) is 1.26. The van der Waals surface area contributed by atoms with E-state index in [4.69, 9.17) is 14.1 Å². The largest absolute Gasteiger partial charge is 0.453 e. The van der Waals surface area contributed by atoms with Gasteiger partial charge in [-0.1, -0.05) is 15.9 Å². The van der Waals surface area contributed by atoms with Gasteiger partial charge in [0.25, 0.3) is 0 Å². The van der Waals surface area contributed by atoms with Gasteiger partial charge in [0.1, 0.15) is 16.9 Å². The van der Waals surface area contributed by atoms with Crippen molar-refractivity contribution in [1.29, 1.82) is 0 Å². The molecular weight excluding hydrogens is 398 g/mol. The Morgan fingerprint density at radius 1 is 1.35 bits per heavy atom. The van der Waals surface area contributed by atoms with E-state index >= 15 is 0 Å². The van der Waals surface area contributed by atoms with Crippen LogP contribution in [0.5, 0.6) is 0 Å². The van der Waals surface area contributed by atoms with Gasteiger partial charge in [-0.3, -0.25) is 4.79 Å². The first kappa shape index (κ1) is 17.4. The third kappa shape index (κ3) is 3.33. The zero-order chi connectivity index (χ0) is 18.1. The standard InChI is InChI=1S/C19H20BrN3O3/c1-25-9-6-17(24)23-7-4-12(5-8-23)19-21-11-16-18(22-19)14-10-13(20)2-3-15(14)26-16/h2-3,10-12H,4-9H2,1H3. The molecule has 0 spiro atoms. The fourth-order valence-corrected chi connectivity index (χ4v) is 3.84. The summed E-state index contributed by atoms with van der Waals surface area (Å²) in [7, 11) is 1.62. The second kappa shape index (κ2) is 7.32. The lowest BCUT2D eigenvalue weighted by Crippen LogP contribution is -2.38. The first-order valence-corrected chi connectivity index (χ1v) is 9.56. The summed E-state index contributed by atoms with van der Waals surface area (Å²) in [5, 5.41) is 0.991. The van der Waals surface area contributed by atoms with E-state index in [-0.39, 0.29) is 11.8 Å². The summed E-state index contributed by atoms with van der Waals surface area (Å²) in [6.07, 6.45) is 3.97. The van der Waals surface area contributed by atoms with Crippen molar-refractivity contribution < 1.29 is 13.9 Å². The van der Waals surface area contributed by atoms with Crippen LogP contribution in [0, 0.1) is 0 Å². The number of carbonyl (C=O) groups excluding carboxylic acids is 1. The molecule has 1 aromatic carbocycles. The smallest absolute Gasteiger partial charge is 0.224 e. The summed E-state index contributed by atoms with van der Waals surface area (Å²) in [4.78, 5) is 23.4. The number of hydrogen-bond acceptors (Lipinski definition) is 5. The predicted molar refractivity (Wildman–Crippen MR) is 102 cm³/mol. The molecule has 1 saturated heterocycles. The normalized spacial score (nSPS) is 15.8. The van der Waals surface area contributed by atoms with Crippen LogP contribution in [0.3, 0.4) is 0 Å². The van der Waals surface area contributed by atoms with E-state index in [1.807, 2.05) is 23.1 Å². The van der Waals surface area contributed by atoms with Crippen LogP contribution in [-0.2, 0) is 9.53 Å². The molecule has 0 unspecified atom stereocenters. The van der Waals surface area contributed by atoms with Crippen molar-refractivity contribution in [1.82, 2.24) is 14.9 Å². The molecule has 0 aliphatic carbocycles. The number of amides is 1. The van der Waals surface area contributed by atoms with E-state index in [2.05, 4.69) is 20.9 Å². The Morgan fingerprint density at radius 3 is 2.92 bits per heavy atom. The average molecular weight is 418 g/mol. The number of rotatable bonds is 4. The van der Waals surface area contributed by atoms with Crippen LogP contribution in [0.2, 0.25) is 0 Å². The van der Waals surface area contributed by atoms with Crippen molar-refractivity contribution in [3.8, 4) is 0 Å². The number of nitrogens with zero attached hydrogens (tertiary/aromatic N) is 3. The van der Waals surface area contributed by atoms with Gasteiger partial charge < -0.3 is 14.1 Å². The lowest BCUT2D eigenvalue weighted by molar-refractivity contribution is -0.133. The van der Waals surface area contributed by atoms with Crippen molar-refractivity contribution in [3.63, 3.8) is 0 Å². The molecule has 0 radical (unpaired) electrons. The number of piperidine rings is 1. The molecular formula is C19H20BrN3O3. The monoisotopic (exact) mass is 417 g/mol. The van der Waals surface area contributed by atoms with Crippen molar-refractivity contribution in [2.45, 2.75) is 25.2 Å². The van der Waals surface area contributed by atoms with E-state index in [0.29, 0.717) is 18.6 Å². The molecule has 1 aliphatic rings. The van der Waals surface area contributed by atoms with Gasteiger partial charge in [-0.05, 0) is 31.0 Å². The number of benzene rings is 1. The second-order valence-electron chi connectivity index (χ2n) is 6.58. The first-order chi connectivity index (χ1) is 12.7. The molecule has 1 amide bonds. The Bertz CT molecular complexity index is 948. The van der Waals surface area contributed by atoms with Gasteiger partial charge in [-0.15, -0.1) is 0 Å². The van der Waals surface area contributed by atoms with Crippen LogP contribution in [0.15, 0.2) is 33.3 Å². The van der Waals surface area contributed by atoms with Crippen molar-refractivity contribution in [2.24, 2.45) is 0 Å². The quantitative estimate of drug-likeness (QED) is 0.643. The van der Waals surface area contributed by atoms with E-state index in [1.165, 1.54) is 0 Å². The molecule has 4 rings (SSSR count). The van der Waals surface area contributed by atoms with Crippen molar-refractivity contribution in [2.75, 3.05) is 26.8 Å². The molecule has 3 heterocycles. The maximum atomic E-state index is 12.1. The minimum absolute atomic E-state index is 0.160. The molecule has 1 fully saturated rings. The highest BCUT2D eigenvalue weighted by molar-refractivity contribution is 9.10. The van der Waals surface area contributed by atoms with Gasteiger partial charge in [0.15, 0.2) is 5.58 Å². The maximum Gasteiger partial charge on any atom is 0.224 e. The highest BCUT2D eigenvalue weighted by atomic mass is 79.9. The van der Waals surface area contributed by atoms with Crippen LogP contribution < -0.4 is 0 Å². The van der Waals surface area contributed by atoms with Gasteiger partial charge in [0, 0.05) is 36.0 Å². The molecule has 26 heavy (non-hydrogen) atoms. The topological polar surface area (TPSA) is 68.5 Å². The molecule has 7 heteroatoms. The molecule has 0 N–H and O–H groups in total. The minimum atomic E-state index is 0.160. The Morgan fingerprint density at radius 2 is 2.15 bits per heavy atom. The molecule has 0 atom stereocenters. The number of likely N-dealkylation sites (tertiary alicyclic amines) is 1. The number of carbonyl (C=O) groups is 1. The Kier molecular flexibility index (Phi) is 4.91. The summed E-state index contributed by atoms with van der Waals surface area (Å²) in [6.45, 7) is 1.96. The molecule has 0 bridgehead atoms. The van der Waals surface area contributed by atoms with Gasteiger partial charge >= 0.3 is 0 Å². The molecule has 136 valence electrons. The third-order valence-corrected chi connectivity index (χ3v) is 5.42. The molecule has 1 aliphatic heterocycles. The average Bonchev–Trinajstić information content (AvgIpc) is 3.03. The van der Waals surface area contributed by atoms with Gasteiger partial charge in [0.2, 0.25) is 5.91 Å². The van der Waals surface area contributed by atoms with Gasteiger partial charge in [0.05, 0.1) is 19.2 Å². The van der Waals surface area contributed by atoms with Crippen LogP contribution in [0.25, 0.3) is 22.1 Å². The van der Waals surface area contributed by atoms with Gasteiger partial charge in [-0.2, -0.15) is 0 Å². The summed E-state index contributed by atoms with van der Waals surface area (Å²) in [6, 6.07) is 5.91. The van der Waals surface area contributed by atoms with E-state index < -0.39 is 0 Å². The van der Waals surface area contributed by atoms with E-state index in [1.54, 1.807) is 13.3 Å². The maximum absolute atomic E-state index is 12.1. The second-order valence-corrected chi connectivity index (χ2v) is 7.50. The molecule has 6 nitrogen and oxygen atoms in total. The summed E-state index contributed by atoms with van der Waals surface area (Å²) >= 11 is 3.50. The van der Waals surface area contributed by atoms with Crippen LogP contribution in [0.4, 0.5) is 0 Å². The predicted octanol–water partition coefficient (Wildman–Crippen LogP) is 3.88. The van der Waals surface area contributed by atoms with Gasteiger partial charge in [-0.25, -0.2) is 9.97 Å². The number of halogens is 1. The Hall–Kier alpha value is -1.99. The van der Waals surface area contributed by atoms with E-state index in [0.717, 1.165) is 52.7 Å². The Labute approximate surface area is 159 Å². The van der Waals surface area contributed by atoms with Crippen LogP contribution >= 0.6 is 15.9 Å². The lowest BCUT2D eigenvalue weighted by Gasteiger charge is -2.31. The SMILES string of the molecule is COCCC(=O)N1CCC(c2ncc3oc4ccc(Br)cc4c3n2)CC1. The lowest BCUT2D eigenvalue weighted by atomic mass is 9.95. The number of hydrogen-bond donors (Lipinski definition) is 0. The fourth-order valence-electron chi connectivity index (χ4n) is 3.48. The molecule has 0 saturated carbocycles. The number of aromatic nitrogens is 2.